The molecule has 4 rings (SSSR count). The Labute approximate surface area is 152 Å². The van der Waals surface area contributed by atoms with Crippen LogP contribution in [0.4, 0.5) is 0 Å². The number of hydrogen-bond donors (Lipinski definition) is 0. The van der Waals surface area contributed by atoms with E-state index >= 15 is 0 Å². The molecule has 3 atom stereocenters. The quantitative estimate of drug-likeness (QED) is 0.777. The van der Waals surface area contributed by atoms with E-state index < -0.39 is 0 Å². The lowest BCUT2D eigenvalue weighted by Crippen LogP contribution is -2.62. The van der Waals surface area contributed by atoms with Gasteiger partial charge in [0, 0.05) is 11.8 Å². The average molecular weight is 344 g/mol. The molecule has 1 saturated heterocycles. The monoisotopic (exact) mass is 344 g/mol. The van der Waals surface area contributed by atoms with E-state index in [9.17, 15) is 0 Å². The summed E-state index contributed by atoms with van der Waals surface area (Å²) in [4.78, 5) is 0. The summed E-state index contributed by atoms with van der Waals surface area (Å²) in [6, 6.07) is 10.5. The third kappa shape index (κ3) is 2.75. The smallest absolute Gasteiger partial charge is 0.174 e. The third-order valence-corrected chi connectivity index (χ3v) is 7.34. The highest BCUT2D eigenvalue weighted by molar-refractivity contribution is 5.14. The van der Waals surface area contributed by atoms with Crippen LogP contribution in [-0.2, 0) is 20.8 Å². The Kier molecular flexibility index (Phi) is 4.46. The van der Waals surface area contributed by atoms with Crippen molar-refractivity contribution in [2.75, 3.05) is 13.2 Å². The molecule has 0 N–H and O–H groups in total. The molecule has 0 aromatic heterocycles. The summed E-state index contributed by atoms with van der Waals surface area (Å²) in [5, 5.41) is 0. The van der Waals surface area contributed by atoms with Gasteiger partial charge < -0.3 is 14.2 Å². The molecule has 3 nitrogen and oxygen atoms in total. The van der Waals surface area contributed by atoms with Gasteiger partial charge in [-0.2, -0.15) is 0 Å². The summed E-state index contributed by atoms with van der Waals surface area (Å²) < 4.78 is 18.9. The first kappa shape index (κ1) is 17.5. The summed E-state index contributed by atoms with van der Waals surface area (Å²) in [5.41, 5.74) is 1.48. The van der Waals surface area contributed by atoms with Gasteiger partial charge in [0.15, 0.2) is 5.79 Å². The van der Waals surface area contributed by atoms with Crippen molar-refractivity contribution in [1.82, 2.24) is 0 Å². The van der Waals surface area contributed by atoms with Crippen molar-refractivity contribution in [3.63, 3.8) is 0 Å². The largest absolute Gasteiger partial charge is 0.373 e. The van der Waals surface area contributed by atoms with Crippen LogP contribution in [0.2, 0.25) is 0 Å². The first-order valence-electron chi connectivity index (χ1n) is 9.91. The fourth-order valence-electron chi connectivity index (χ4n) is 5.99. The lowest BCUT2D eigenvalue weighted by atomic mass is 9.48. The zero-order valence-corrected chi connectivity index (χ0v) is 15.9. The Morgan fingerprint density at radius 1 is 1.00 bits per heavy atom. The van der Waals surface area contributed by atoms with E-state index in [4.69, 9.17) is 14.2 Å². The lowest BCUT2D eigenvalue weighted by Gasteiger charge is -2.62. The Bertz CT molecular complexity index is 591. The van der Waals surface area contributed by atoms with Gasteiger partial charge in [0.1, 0.15) is 0 Å². The number of fused-ring (bicyclic) bond motifs is 2. The van der Waals surface area contributed by atoms with Gasteiger partial charge in [0.05, 0.1) is 25.9 Å². The maximum atomic E-state index is 6.45. The Balaban J connectivity index is 1.53. The van der Waals surface area contributed by atoms with Crippen LogP contribution in [0.15, 0.2) is 30.3 Å². The number of ether oxygens (including phenoxy) is 3. The molecule has 3 heteroatoms. The summed E-state index contributed by atoms with van der Waals surface area (Å²) >= 11 is 0. The van der Waals surface area contributed by atoms with Crippen molar-refractivity contribution in [3.8, 4) is 0 Å². The second kappa shape index (κ2) is 6.37. The zero-order valence-electron chi connectivity index (χ0n) is 15.9. The Morgan fingerprint density at radius 3 is 2.44 bits per heavy atom. The number of rotatable bonds is 3. The van der Waals surface area contributed by atoms with Crippen molar-refractivity contribution in [2.45, 2.75) is 71.4 Å². The minimum atomic E-state index is -0.350. The summed E-state index contributed by atoms with van der Waals surface area (Å²) in [7, 11) is 0. The van der Waals surface area contributed by atoms with Gasteiger partial charge in [-0.05, 0) is 42.6 Å². The van der Waals surface area contributed by atoms with E-state index in [0.717, 1.165) is 32.5 Å². The molecular weight excluding hydrogens is 312 g/mol. The van der Waals surface area contributed by atoms with E-state index in [2.05, 4.69) is 51.1 Å². The molecule has 3 aliphatic rings. The van der Waals surface area contributed by atoms with E-state index in [-0.39, 0.29) is 16.6 Å². The predicted molar refractivity (Wildman–Crippen MR) is 98.1 cm³/mol. The molecule has 1 aliphatic heterocycles. The fourth-order valence-corrected chi connectivity index (χ4v) is 5.99. The molecule has 138 valence electrons. The van der Waals surface area contributed by atoms with Crippen LogP contribution < -0.4 is 0 Å². The maximum absolute atomic E-state index is 6.45. The van der Waals surface area contributed by atoms with Crippen LogP contribution >= 0.6 is 0 Å². The minimum absolute atomic E-state index is 0.0951. The average Bonchev–Trinajstić information content (AvgIpc) is 3.07. The maximum Gasteiger partial charge on any atom is 0.174 e. The predicted octanol–water partition coefficient (Wildman–Crippen LogP) is 4.94. The topological polar surface area (TPSA) is 27.7 Å². The third-order valence-electron chi connectivity index (χ3n) is 7.34. The molecular formula is C22H32O3. The second-order valence-electron chi connectivity index (χ2n) is 8.96. The molecule has 1 heterocycles. The molecule has 2 aliphatic carbocycles. The second-order valence-corrected chi connectivity index (χ2v) is 8.96. The van der Waals surface area contributed by atoms with Crippen molar-refractivity contribution in [3.05, 3.63) is 35.9 Å². The van der Waals surface area contributed by atoms with Crippen molar-refractivity contribution in [1.29, 1.82) is 0 Å². The van der Waals surface area contributed by atoms with Crippen molar-refractivity contribution < 1.29 is 14.2 Å². The van der Waals surface area contributed by atoms with Gasteiger partial charge in [0.25, 0.3) is 0 Å². The van der Waals surface area contributed by atoms with Gasteiger partial charge in [-0.3, -0.25) is 0 Å². The summed E-state index contributed by atoms with van der Waals surface area (Å²) in [6.07, 6.45) is 5.99. The number of benzene rings is 1. The van der Waals surface area contributed by atoms with Crippen molar-refractivity contribution >= 4 is 0 Å². The van der Waals surface area contributed by atoms with Crippen LogP contribution in [0.1, 0.15) is 58.4 Å². The standard InChI is InChI=1S/C22H32O3/c1-20(2)18-10-7-12-22(24-14-15-25-22)21(18,3)13-11-19(20)23-16-17-8-5-4-6-9-17/h4-6,8-9,18-19H,7,10-16H2,1-3H3/t18?,19-,21-/m0/s1. The van der Waals surface area contributed by atoms with E-state index in [1.54, 1.807) is 0 Å². The van der Waals surface area contributed by atoms with Gasteiger partial charge in [-0.25, -0.2) is 0 Å². The van der Waals surface area contributed by atoms with Crippen LogP contribution in [0.3, 0.4) is 0 Å². The highest BCUT2D eigenvalue weighted by Crippen LogP contribution is 2.63. The molecule has 25 heavy (non-hydrogen) atoms. The van der Waals surface area contributed by atoms with Crippen LogP contribution in [0.5, 0.6) is 0 Å². The Hall–Kier alpha value is -0.900. The van der Waals surface area contributed by atoms with E-state index in [0.29, 0.717) is 18.6 Å². The molecule has 2 saturated carbocycles. The highest BCUT2D eigenvalue weighted by Gasteiger charge is 2.64. The molecule has 1 spiro atoms. The summed E-state index contributed by atoms with van der Waals surface area (Å²) in [5.74, 6) is 0.221. The van der Waals surface area contributed by atoms with Crippen LogP contribution in [0.25, 0.3) is 0 Å². The highest BCUT2D eigenvalue weighted by atomic mass is 16.7. The summed E-state index contributed by atoms with van der Waals surface area (Å²) in [6.45, 7) is 9.42. The van der Waals surface area contributed by atoms with Gasteiger partial charge >= 0.3 is 0 Å². The van der Waals surface area contributed by atoms with Crippen LogP contribution in [0, 0.1) is 16.7 Å². The van der Waals surface area contributed by atoms with E-state index in [1.165, 1.54) is 18.4 Å². The lowest BCUT2D eigenvalue weighted by molar-refractivity contribution is -0.303. The first-order valence-corrected chi connectivity index (χ1v) is 9.91. The molecule has 1 aromatic carbocycles. The molecule has 3 fully saturated rings. The van der Waals surface area contributed by atoms with Gasteiger partial charge in [0.2, 0.25) is 0 Å². The minimum Gasteiger partial charge on any atom is -0.373 e. The SMILES string of the molecule is CC1(C)C2CCCC3(OCCO3)[C@@]2(C)CC[C@@H]1OCc1ccccc1. The molecule has 0 radical (unpaired) electrons. The molecule has 0 amide bonds. The number of hydrogen-bond acceptors (Lipinski definition) is 3. The zero-order chi connectivity index (χ0) is 17.5. The normalized spacial score (nSPS) is 36.3. The molecule has 0 bridgehead atoms. The van der Waals surface area contributed by atoms with Crippen molar-refractivity contribution in [2.24, 2.45) is 16.7 Å². The van der Waals surface area contributed by atoms with E-state index in [1.807, 2.05) is 0 Å². The van der Waals surface area contributed by atoms with Crippen LogP contribution in [-0.4, -0.2) is 25.1 Å². The van der Waals surface area contributed by atoms with Gasteiger partial charge in [-0.15, -0.1) is 0 Å². The van der Waals surface area contributed by atoms with Gasteiger partial charge in [-0.1, -0.05) is 51.1 Å². The Morgan fingerprint density at radius 2 is 1.72 bits per heavy atom. The first-order chi connectivity index (χ1) is 12.0. The fraction of sp³-hybridized carbons (Fsp3) is 0.727. The molecule has 1 unspecified atom stereocenters. The molecule has 1 aromatic rings.